The van der Waals surface area contributed by atoms with Crippen molar-refractivity contribution in [1.29, 1.82) is 0 Å². The van der Waals surface area contributed by atoms with Crippen LogP contribution in [-0.2, 0) is 9.53 Å². The van der Waals surface area contributed by atoms with Crippen LogP contribution in [0.5, 0.6) is 0 Å². The zero-order valence-electron chi connectivity index (χ0n) is 8.90. The molecule has 3 unspecified atom stereocenters. The van der Waals surface area contributed by atoms with E-state index in [2.05, 4.69) is 5.32 Å². The lowest BCUT2D eigenvalue weighted by atomic mass is 9.95. The summed E-state index contributed by atoms with van der Waals surface area (Å²) in [7, 11) is 0. The molecule has 0 aromatic heterocycles. The van der Waals surface area contributed by atoms with Crippen LogP contribution in [0.2, 0.25) is 0 Å². The van der Waals surface area contributed by atoms with Gasteiger partial charge in [0.1, 0.15) is 0 Å². The Morgan fingerprint density at radius 2 is 2.40 bits per heavy atom. The lowest BCUT2D eigenvalue weighted by molar-refractivity contribution is -0.131. The Kier molecular flexibility index (Phi) is 3.07. The Balaban J connectivity index is 1.77. The average molecular weight is 211 g/mol. The largest absolute Gasteiger partial charge is 0.478 e. The van der Waals surface area contributed by atoms with Crippen molar-refractivity contribution >= 4 is 5.97 Å². The van der Waals surface area contributed by atoms with Crippen LogP contribution in [0.15, 0.2) is 11.6 Å². The number of aliphatic carboxylic acids is 1. The van der Waals surface area contributed by atoms with E-state index in [0.29, 0.717) is 24.8 Å². The molecule has 0 aromatic carbocycles. The second-order valence-electron chi connectivity index (χ2n) is 4.43. The third kappa shape index (κ3) is 2.58. The van der Waals surface area contributed by atoms with E-state index in [9.17, 15) is 4.79 Å². The van der Waals surface area contributed by atoms with Crippen molar-refractivity contribution < 1.29 is 14.6 Å². The third-order valence-electron chi connectivity index (χ3n) is 3.12. The molecule has 2 rings (SSSR count). The molecule has 2 aliphatic heterocycles. The molecule has 0 radical (unpaired) electrons. The van der Waals surface area contributed by atoms with Gasteiger partial charge < -0.3 is 15.2 Å². The first-order valence-corrected chi connectivity index (χ1v) is 5.44. The molecule has 4 nitrogen and oxygen atoms in total. The summed E-state index contributed by atoms with van der Waals surface area (Å²) in [5.74, 6) is -0.876. The smallest absolute Gasteiger partial charge is 0.328 e. The van der Waals surface area contributed by atoms with Crippen molar-refractivity contribution in [2.45, 2.75) is 44.4 Å². The Morgan fingerprint density at radius 3 is 2.93 bits per heavy atom. The Hall–Kier alpha value is -0.870. The quantitative estimate of drug-likeness (QED) is 0.679. The fourth-order valence-corrected chi connectivity index (χ4v) is 2.41. The van der Waals surface area contributed by atoms with Gasteiger partial charge in [-0.15, -0.1) is 0 Å². The molecule has 2 N–H and O–H groups in total. The molecule has 2 saturated heterocycles. The van der Waals surface area contributed by atoms with Crippen LogP contribution in [0.1, 0.15) is 26.2 Å². The fourth-order valence-electron chi connectivity index (χ4n) is 2.41. The zero-order chi connectivity index (χ0) is 10.8. The van der Waals surface area contributed by atoms with E-state index in [1.807, 2.05) is 6.92 Å². The van der Waals surface area contributed by atoms with Gasteiger partial charge in [0.05, 0.1) is 12.2 Å². The number of carbonyl (C=O) groups is 1. The van der Waals surface area contributed by atoms with Gasteiger partial charge in [-0.05, 0) is 26.2 Å². The summed E-state index contributed by atoms with van der Waals surface area (Å²) in [4.78, 5) is 10.4. The number of hydrogen-bond donors (Lipinski definition) is 2. The number of fused-ring (bicyclic) bond motifs is 2. The third-order valence-corrected chi connectivity index (χ3v) is 3.12. The topological polar surface area (TPSA) is 58.6 Å². The van der Waals surface area contributed by atoms with Crippen LogP contribution >= 0.6 is 0 Å². The summed E-state index contributed by atoms with van der Waals surface area (Å²) in [6, 6.07) is 0.417. The Labute approximate surface area is 89.3 Å². The molecule has 4 heteroatoms. The highest BCUT2D eigenvalue weighted by Crippen LogP contribution is 2.34. The molecule has 0 aliphatic carbocycles. The van der Waals surface area contributed by atoms with Gasteiger partial charge in [0.15, 0.2) is 0 Å². The summed E-state index contributed by atoms with van der Waals surface area (Å²) in [5, 5.41) is 11.9. The van der Waals surface area contributed by atoms with Crippen LogP contribution in [-0.4, -0.2) is 35.9 Å². The molecule has 2 aliphatic rings. The van der Waals surface area contributed by atoms with Gasteiger partial charge in [-0.2, -0.15) is 0 Å². The SMILES string of the molecule is CC(=CC(=O)O)CNC1CC2CCC1O2. The number of carboxylic acids is 1. The van der Waals surface area contributed by atoms with E-state index in [-0.39, 0.29) is 0 Å². The molecule has 0 aromatic rings. The highest BCUT2D eigenvalue weighted by Gasteiger charge is 2.40. The molecular formula is C11H17NO3. The first kappa shape index (κ1) is 10.6. The van der Waals surface area contributed by atoms with Gasteiger partial charge in [-0.1, -0.05) is 5.57 Å². The minimum absolute atomic E-state index is 0.354. The minimum atomic E-state index is -0.876. The van der Waals surface area contributed by atoms with Crippen molar-refractivity contribution in [3.63, 3.8) is 0 Å². The van der Waals surface area contributed by atoms with E-state index >= 15 is 0 Å². The summed E-state index contributed by atoms with van der Waals surface area (Å²) >= 11 is 0. The number of ether oxygens (including phenoxy) is 1. The highest BCUT2D eigenvalue weighted by atomic mass is 16.5. The molecule has 2 heterocycles. The summed E-state index contributed by atoms with van der Waals surface area (Å²) < 4.78 is 5.70. The number of carboxylic acid groups (broad SMARTS) is 1. The van der Waals surface area contributed by atoms with Gasteiger partial charge in [0.25, 0.3) is 0 Å². The van der Waals surface area contributed by atoms with Crippen LogP contribution in [0, 0.1) is 0 Å². The molecule has 0 amide bonds. The van der Waals surface area contributed by atoms with E-state index in [0.717, 1.165) is 18.4 Å². The van der Waals surface area contributed by atoms with Crippen LogP contribution in [0.4, 0.5) is 0 Å². The molecule has 3 atom stereocenters. The van der Waals surface area contributed by atoms with E-state index < -0.39 is 5.97 Å². The van der Waals surface area contributed by atoms with Crippen LogP contribution < -0.4 is 5.32 Å². The maximum atomic E-state index is 10.4. The minimum Gasteiger partial charge on any atom is -0.478 e. The predicted octanol–water partition coefficient (Wildman–Crippen LogP) is 0.927. The van der Waals surface area contributed by atoms with Gasteiger partial charge in [0.2, 0.25) is 0 Å². The molecule has 2 fully saturated rings. The zero-order valence-corrected chi connectivity index (χ0v) is 8.90. The number of nitrogens with one attached hydrogen (secondary N) is 1. The van der Waals surface area contributed by atoms with Gasteiger partial charge in [-0.3, -0.25) is 0 Å². The van der Waals surface area contributed by atoms with Crippen molar-refractivity contribution in [2.24, 2.45) is 0 Å². The molecular weight excluding hydrogens is 194 g/mol. The summed E-state index contributed by atoms with van der Waals surface area (Å²) in [6.45, 7) is 2.47. The van der Waals surface area contributed by atoms with E-state index in [1.54, 1.807) is 0 Å². The highest BCUT2D eigenvalue weighted by molar-refractivity contribution is 5.80. The number of hydrogen-bond acceptors (Lipinski definition) is 3. The molecule has 2 bridgehead atoms. The van der Waals surface area contributed by atoms with Gasteiger partial charge in [-0.25, -0.2) is 4.79 Å². The van der Waals surface area contributed by atoms with Gasteiger partial charge in [0, 0.05) is 18.7 Å². The maximum absolute atomic E-state index is 10.4. The average Bonchev–Trinajstić information content (AvgIpc) is 2.74. The second-order valence-corrected chi connectivity index (χ2v) is 4.43. The summed E-state index contributed by atoms with van der Waals surface area (Å²) in [6.07, 6.45) is 5.45. The number of rotatable bonds is 4. The first-order valence-electron chi connectivity index (χ1n) is 5.44. The standard InChI is InChI=1S/C11H17NO3/c1-7(4-11(13)14)6-12-9-5-8-2-3-10(9)15-8/h4,8-10,12H,2-3,5-6H2,1H3,(H,13,14). The van der Waals surface area contributed by atoms with Crippen molar-refractivity contribution in [1.82, 2.24) is 5.32 Å². The van der Waals surface area contributed by atoms with Crippen molar-refractivity contribution in [3.05, 3.63) is 11.6 Å². The Morgan fingerprint density at radius 1 is 1.60 bits per heavy atom. The second kappa shape index (κ2) is 4.33. The lowest BCUT2D eigenvalue weighted by Crippen LogP contribution is -2.38. The van der Waals surface area contributed by atoms with Crippen molar-refractivity contribution in [2.75, 3.05) is 6.54 Å². The van der Waals surface area contributed by atoms with E-state index in [1.165, 1.54) is 12.5 Å². The molecule has 0 saturated carbocycles. The normalized spacial score (nSPS) is 34.7. The van der Waals surface area contributed by atoms with Crippen molar-refractivity contribution in [3.8, 4) is 0 Å². The molecule has 0 spiro atoms. The predicted molar refractivity (Wildman–Crippen MR) is 55.7 cm³/mol. The molecule has 84 valence electrons. The maximum Gasteiger partial charge on any atom is 0.328 e. The first-order chi connectivity index (χ1) is 7.15. The fraction of sp³-hybridized carbons (Fsp3) is 0.727. The van der Waals surface area contributed by atoms with Crippen LogP contribution in [0.25, 0.3) is 0 Å². The lowest BCUT2D eigenvalue weighted by Gasteiger charge is -2.20. The molecule has 15 heavy (non-hydrogen) atoms. The Bertz CT molecular complexity index is 288. The monoisotopic (exact) mass is 211 g/mol. The van der Waals surface area contributed by atoms with Gasteiger partial charge >= 0.3 is 5.97 Å². The summed E-state index contributed by atoms with van der Waals surface area (Å²) in [5.41, 5.74) is 0.852. The van der Waals surface area contributed by atoms with Crippen LogP contribution in [0.3, 0.4) is 0 Å². The van der Waals surface area contributed by atoms with E-state index in [4.69, 9.17) is 9.84 Å².